The fourth-order valence-corrected chi connectivity index (χ4v) is 5.45. The van der Waals surface area contributed by atoms with Gasteiger partial charge in [0.05, 0.1) is 29.1 Å². The van der Waals surface area contributed by atoms with Crippen LogP contribution in [0.1, 0.15) is 16.7 Å². The number of sulfone groups is 1. The van der Waals surface area contributed by atoms with Crippen molar-refractivity contribution in [3.8, 4) is 22.9 Å². The molecule has 0 saturated carbocycles. The van der Waals surface area contributed by atoms with Gasteiger partial charge in [-0.05, 0) is 61.4 Å². The normalized spacial score (nSPS) is 20.9. The number of rotatable bonds is 4. The molecule has 1 atom stereocenters. The zero-order valence-electron chi connectivity index (χ0n) is 17.9. The summed E-state index contributed by atoms with van der Waals surface area (Å²) < 4.78 is 30.1. The Hall–Kier alpha value is -3.45. The third-order valence-corrected chi connectivity index (χ3v) is 7.28. The topological polar surface area (TPSA) is 80.7 Å². The first-order chi connectivity index (χ1) is 15.3. The zero-order valence-corrected chi connectivity index (χ0v) is 18.7. The number of hydrogen-bond donors (Lipinski definition) is 1. The Morgan fingerprint density at radius 1 is 1.00 bits per heavy atom. The van der Waals surface area contributed by atoms with E-state index in [0.29, 0.717) is 29.6 Å². The molecular formula is C25H23N3O3S. The number of amidine groups is 1. The van der Waals surface area contributed by atoms with E-state index >= 15 is 0 Å². The standard InChI is InChI=1S/C25H23N3O3S/c1-17-8-9-19(14-18(17)2)22-11-10-21(24(27-22)31-20-6-4-3-5-7-20)23-26-15-25(28-23)12-13-32(29,30)16-25/h3-14H,15-16H2,1-2H3,(H,26,28)/t25-/m0/s1. The van der Waals surface area contributed by atoms with Crippen molar-refractivity contribution in [1.29, 1.82) is 0 Å². The van der Waals surface area contributed by atoms with Crippen molar-refractivity contribution < 1.29 is 13.2 Å². The lowest BCUT2D eigenvalue weighted by molar-refractivity contribution is 0.462. The predicted octanol–water partition coefficient (Wildman–Crippen LogP) is 4.19. The molecule has 2 aromatic carbocycles. The highest BCUT2D eigenvalue weighted by molar-refractivity contribution is 7.94. The average molecular weight is 446 g/mol. The first kappa shape index (κ1) is 20.5. The Morgan fingerprint density at radius 2 is 1.81 bits per heavy atom. The molecule has 1 aromatic heterocycles. The minimum atomic E-state index is -3.22. The van der Waals surface area contributed by atoms with Crippen molar-refractivity contribution in [2.24, 2.45) is 4.99 Å². The average Bonchev–Trinajstić information content (AvgIpc) is 3.32. The third-order valence-electron chi connectivity index (χ3n) is 5.82. The number of nitrogens with zero attached hydrogens (tertiary/aromatic N) is 2. The molecule has 0 fully saturated rings. The van der Waals surface area contributed by atoms with Crippen LogP contribution in [0.25, 0.3) is 11.3 Å². The molecule has 0 aliphatic carbocycles. The molecule has 0 amide bonds. The molecule has 0 radical (unpaired) electrons. The summed E-state index contributed by atoms with van der Waals surface area (Å²) in [5.41, 5.74) is 4.19. The molecule has 6 nitrogen and oxygen atoms in total. The number of hydrogen-bond acceptors (Lipinski definition) is 6. The summed E-state index contributed by atoms with van der Waals surface area (Å²) in [6, 6.07) is 19.6. The van der Waals surface area contributed by atoms with Gasteiger partial charge in [-0.2, -0.15) is 0 Å². The van der Waals surface area contributed by atoms with Gasteiger partial charge in [0.1, 0.15) is 11.6 Å². The van der Waals surface area contributed by atoms with Crippen LogP contribution in [0.4, 0.5) is 0 Å². The van der Waals surface area contributed by atoms with Gasteiger partial charge in [0, 0.05) is 11.0 Å². The molecule has 3 aromatic rings. The summed E-state index contributed by atoms with van der Waals surface area (Å²) in [6.07, 6.45) is 1.69. The number of aryl methyl sites for hydroxylation is 2. The maximum Gasteiger partial charge on any atom is 0.230 e. The lowest BCUT2D eigenvalue weighted by Crippen LogP contribution is -2.46. The van der Waals surface area contributed by atoms with Crippen molar-refractivity contribution in [3.05, 3.63) is 88.8 Å². The van der Waals surface area contributed by atoms with Crippen molar-refractivity contribution in [2.75, 3.05) is 12.3 Å². The van der Waals surface area contributed by atoms with E-state index in [0.717, 1.165) is 11.3 Å². The molecule has 0 saturated heterocycles. The maximum absolute atomic E-state index is 12.0. The minimum Gasteiger partial charge on any atom is -0.438 e. The summed E-state index contributed by atoms with van der Waals surface area (Å²) >= 11 is 0. The van der Waals surface area contributed by atoms with Crippen LogP contribution < -0.4 is 10.1 Å². The van der Waals surface area contributed by atoms with Gasteiger partial charge in [-0.25, -0.2) is 13.4 Å². The molecule has 2 aliphatic rings. The highest BCUT2D eigenvalue weighted by Gasteiger charge is 2.42. The number of ether oxygens (including phenoxy) is 1. The number of para-hydroxylation sites is 1. The molecule has 0 bridgehead atoms. The smallest absolute Gasteiger partial charge is 0.230 e. The highest BCUT2D eigenvalue weighted by Crippen LogP contribution is 2.31. The quantitative estimate of drug-likeness (QED) is 0.651. The van der Waals surface area contributed by atoms with Gasteiger partial charge in [0.15, 0.2) is 9.84 Å². The Balaban J connectivity index is 1.53. The highest BCUT2D eigenvalue weighted by atomic mass is 32.2. The molecule has 1 spiro atoms. The van der Waals surface area contributed by atoms with Crippen molar-refractivity contribution in [2.45, 2.75) is 19.4 Å². The van der Waals surface area contributed by atoms with Crippen molar-refractivity contribution in [3.63, 3.8) is 0 Å². The fraction of sp³-hybridized carbons (Fsp3) is 0.200. The molecule has 7 heteroatoms. The molecule has 1 N–H and O–H groups in total. The fourth-order valence-electron chi connectivity index (χ4n) is 3.91. The monoisotopic (exact) mass is 445 g/mol. The van der Waals surface area contributed by atoms with E-state index in [4.69, 9.17) is 9.72 Å². The van der Waals surface area contributed by atoms with Gasteiger partial charge in [0.25, 0.3) is 0 Å². The van der Waals surface area contributed by atoms with Crippen molar-refractivity contribution in [1.82, 2.24) is 10.3 Å². The van der Waals surface area contributed by atoms with Gasteiger partial charge >= 0.3 is 0 Å². The van der Waals surface area contributed by atoms with Crippen LogP contribution in [0.3, 0.4) is 0 Å². The van der Waals surface area contributed by atoms with Crippen LogP contribution in [0.5, 0.6) is 11.6 Å². The minimum absolute atomic E-state index is 0.00394. The van der Waals surface area contributed by atoms with E-state index < -0.39 is 15.4 Å². The van der Waals surface area contributed by atoms with Crippen LogP contribution in [0, 0.1) is 13.8 Å². The van der Waals surface area contributed by atoms with Gasteiger partial charge in [-0.3, -0.25) is 4.99 Å². The summed E-state index contributed by atoms with van der Waals surface area (Å²) in [4.78, 5) is 9.42. The molecule has 162 valence electrons. The molecule has 0 unspecified atom stereocenters. The maximum atomic E-state index is 12.0. The second-order valence-electron chi connectivity index (χ2n) is 8.32. The van der Waals surface area contributed by atoms with Gasteiger partial charge in [0.2, 0.25) is 5.88 Å². The number of aliphatic imine (C=N–C) groups is 1. The molecule has 2 aliphatic heterocycles. The van der Waals surface area contributed by atoms with Crippen LogP contribution in [0.15, 0.2) is 77.1 Å². The first-order valence-electron chi connectivity index (χ1n) is 10.4. The Labute approximate surface area is 187 Å². The van der Waals surface area contributed by atoms with E-state index in [1.54, 1.807) is 6.08 Å². The Kier molecular flexibility index (Phi) is 4.86. The van der Waals surface area contributed by atoms with Crippen LogP contribution in [0.2, 0.25) is 0 Å². The second kappa shape index (κ2) is 7.60. The van der Waals surface area contributed by atoms with E-state index in [2.05, 4.69) is 36.3 Å². The molecule has 3 heterocycles. The van der Waals surface area contributed by atoms with E-state index in [1.807, 2.05) is 48.5 Å². The number of benzene rings is 2. The largest absolute Gasteiger partial charge is 0.438 e. The first-order valence-corrected chi connectivity index (χ1v) is 12.1. The van der Waals surface area contributed by atoms with E-state index in [-0.39, 0.29) is 5.75 Å². The van der Waals surface area contributed by atoms with Gasteiger partial charge in [-0.15, -0.1) is 0 Å². The zero-order chi connectivity index (χ0) is 22.3. The number of aromatic nitrogens is 1. The van der Waals surface area contributed by atoms with Crippen LogP contribution in [-0.2, 0) is 9.84 Å². The molecular weight excluding hydrogens is 422 g/mol. The van der Waals surface area contributed by atoms with Crippen molar-refractivity contribution >= 4 is 15.7 Å². The molecule has 32 heavy (non-hydrogen) atoms. The SMILES string of the molecule is Cc1ccc(-c2ccc(C3=NC[C@]4(C=CS(=O)(=O)C4)N3)c(Oc3ccccc3)n2)cc1C. The summed E-state index contributed by atoms with van der Waals surface area (Å²) in [5, 5.41) is 4.57. The lowest BCUT2D eigenvalue weighted by atomic mass is 10.0. The predicted molar refractivity (Wildman–Crippen MR) is 126 cm³/mol. The number of nitrogens with one attached hydrogen (secondary N) is 1. The third kappa shape index (κ3) is 3.91. The Morgan fingerprint density at radius 3 is 2.53 bits per heavy atom. The van der Waals surface area contributed by atoms with Gasteiger partial charge < -0.3 is 10.1 Å². The van der Waals surface area contributed by atoms with E-state index in [1.165, 1.54) is 16.5 Å². The van der Waals surface area contributed by atoms with Crippen LogP contribution in [-0.4, -0.2) is 37.1 Å². The number of pyridine rings is 1. The molecule has 5 rings (SSSR count). The lowest BCUT2D eigenvalue weighted by Gasteiger charge is -2.21. The van der Waals surface area contributed by atoms with Gasteiger partial charge in [-0.1, -0.05) is 30.3 Å². The second-order valence-corrected chi connectivity index (χ2v) is 10.2. The Bertz CT molecular complexity index is 1360. The van der Waals surface area contributed by atoms with E-state index in [9.17, 15) is 8.42 Å². The summed E-state index contributed by atoms with van der Waals surface area (Å²) in [7, 11) is -3.22. The summed E-state index contributed by atoms with van der Waals surface area (Å²) in [6.45, 7) is 4.51. The summed E-state index contributed by atoms with van der Waals surface area (Å²) in [5.74, 6) is 1.66. The van der Waals surface area contributed by atoms with Crippen LogP contribution >= 0.6 is 0 Å².